The van der Waals surface area contributed by atoms with Crippen LogP contribution in [0.5, 0.6) is 0 Å². The van der Waals surface area contributed by atoms with Crippen LogP contribution in [-0.4, -0.2) is 60.0 Å². The van der Waals surface area contributed by atoms with Crippen LogP contribution >= 0.6 is 0 Å². The number of halogens is 1. The summed E-state index contributed by atoms with van der Waals surface area (Å²) < 4.78 is 13.2. The third kappa shape index (κ3) is 4.66. The molecule has 5 rings (SSSR count). The molecule has 3 aliphatic rings. The lowest BCUT2D eigenvalue weighted by Crippen LogP contribution is -2.72. The van der Waals surface area contributed by atoms with Crippen molar-refractivity contribution in [2.75, 3.05) is 32.7 Å². The quantitative estimate of drug-likeness (QED) is 0.703. The summed E-state index contributed by atoms with van der Waals surface area (Å²) in [5.74, 6) is 0.892. The van der Waals surface area contributed by atoms with Gasteiger partial charge in [-0.1, -0.05) is 30.3 Å². The molecule has 2 heterocycles. The molecule has 2 atom stereocenters. The second-order valence-electron chi connectivity index (χ2n) is 9.93. The van der Waals surface area contributed by atoms with Gasteiger partial charge in [-0.25, -0.2) is 4.39 Å². The first-order valence-corrected chi connectivity index (χ1v) is 12.0. The van der Waals surface area contributed by atoms with Gasteiger partial charge < -0.3 is 10.2 Å². The minimum atomic E-state index is -0.344. The number of rotatable bonds is 7. The number of hydrogen-bond acceptors (Lipinski definition) is 4. The van der Waals surface area contributed by atoms with Crippen LogP contribution in [0, 0.1) is 23.1 Å². The van der Waals surface area contributed by atoms with Crippen molar-refractivity contribution in [3.8, 4) is 6.07 Å². The molecule has 1 amide bonds. The minimum Gasteiger partial charge on any atom is -0.335 e. The molecule has 2 aliphatic heterocycles. The Hall–Kier alpha value is -2.75. The first-order valence-electron chi connectivity index (χ1n) is 12.0. The zero-order valence-corrected chi connectivity index (χ0v) is 18.9. The largest absolute Gasteiger partial charge is 0.335 e. The average molecular weight is 447 g/mol. The van der Waals surface area contributed by atoms with Crippen molar-refractivity contribution in [3.63, 3.8) is 0 Å². The van der Waals surface area contributed by atoms with E-state index in [0.29, 0.717) is 43.0 Å². The van der Waals surface area contributed by atoms with Crippen LogP contribution in [0.25, 0.3) is 0 Å². The van der Waals surface area contributed by atoms with Gasteiger partial charge in [-0.3, -0.25) is 9.69 Å². The topological polar surface area (TPSA) is 59.4 Å². The third-order valence-electron chi connectivity index (χ3n) is 7.73. The van der Waals surface area contributed by atoms with Gasteiger partial charge in [0.2, 0.25) is 0 Å². The molecule has 0 radical (unpaired) electrons. The van der Waals surface area contributed by atoms with Gasteiger partial charge in [0.1, 0.15) is 5.82 Å². The number of amides is 1. The lowest BCUT2D eigenvalue weighted by atomic mass is 9.81. The Bertz CT molecular complexity index is 1000. The van der Waals surface area contributed by atoms with E-state index >= 15 is 0 Å². The van der Waals surface area contributed by atoms with E-state index in [1.807, 2.05) is 0 Å². The molecule has 2 aromatic carbocycles. The molecule has 172 valence electrons. The monoisotopic (exact) mass is 446 g/mol. The highest BCUT2D eigenvalue weighted by molar-refractivity contribution is 5.95. The number of hydrogen-bond donors (Lipinski definition) is 1. The van der Waals surface area contributed by atoms with Gasteiger partial charge in [0, 0.05) is 30.6 Å². The maximum Gasteiger partial charge on any atom is 0.253 e. The SMILES string of the molecule is N#CCC1(N2CCC(CN[C@@H]3C[C@H]3c3ccccc3)CC2)CN(C(=O)c2ccc(F)cc2)C1. The minimum absolute atomic E-state index is 0.0833. The molecule has 33 heavy (non-hydrogen) atoms. The fourth-order valence-corrected chi connectivity index (χ4v) is 5.57. The maximum atomic E-state index is 13.2. The van der Waals surface area contributed by atoms with Crippen molar-refractivity contribution in [2.45, 2.75) is 43.2 Å². The summed E-state index contributed by atoms with van der Waals surface area (Å²) in [4.78, 5) is 17.0. The van der Waals surface area contributed by atoms with Crippen molar-refractivity contribution in [1.82, 2.24) is 15.1 Å². The van der Waals surface area contributed by atoms with Gasteiger partial charge in [0.05, 0.1) is 18.0 Å². The lowest BCUT2D eigenvalue weighted by molar-refractivity contribution is -0.0522. The zero-order valence-electron chi connectivity index (χ0n) is 18.9. The highest BCUT2D eigenvalue weighted by Crippen LogP contribution is 2.41. The number of carbonyl (C=O) groups is 1. The first kappa shape index (κ1) is 22.1. The van der Waals surface area contributed by atoms with Crippen LogP contribution in [0.3, 0.4) is 0 Å². The molecular formula is C27H31FN4O. The molecule has 1 aliphatic carbocycles. The molecule has 5 nitrogen and oxygen atoms in total. The van der Waals surface area contributed by atoms with Crippen molar-refractivity contribution in [3.05, 3.63) is 71.5 Å². The van der Waals surface area contributed by atoms with Gasteiger partial charge in [-0.2, -0.15) is 5.26 Å². The fraction of sp³-hybridized carbons (Fsp3) is 0.481. The smallest absolute Gasteiger partial charge is 0.253 e. The Kier molecular flexibility index (Phi) is 6.18. The molecule has 0 unspecified atom stereocenters. The number of nitrogens with zero attached hydrogens (tertiary/aromatic N) is 3. The average Bonchev–Trinajstić information content (AvgIpc) is 3.61. The number of piperidine rings is 1. The van der Waals surface area contributed by atoms with E-state index in [1.165, 1.54) is 36.2 Å². The first-order chi connectivity index (χ1) is 16.1. The third-order valence-corrected chi connectivity index (χ3v) is 7.73. The Balaban J connectivity index is 1.10. The second-order valence-corrected chi connectivity index (χ2v) is 9.93. The molecule has 1 saturated carbocycles. The predicted octanol–water partition coefficient (Wildman–Crippen LogP) is 3.79. The molecule has 1 N–H and O–H groups in total. The highest BCUT2D eigenvalue weighted by Gasteiger charge is 2.50. The Morgan fingerprint density at radius 1 is 1.09 bits per heavy atom. The molecular weight excluding hydrogens is 415 g/mol. The normalized spacial score (nSPS) is 24.7. The fourth-order valence-electron chi connectivity index (χ4n) is 5.57. The van der Waals surface area contributed by atoms with Gasteiger partial charge in [0.15, 0.2) is 0 Å². The summed E-state index contributed by atoms with van der Waals surface area (Å²) in [7, 11) is 0. The van der Waals surface area contributed by atoms with Crippen LogP contribution in [0.2, 0.25) is 0 Å². The van der Waals surface area contributed by atoms with E-state index in [1.54, 1.807) is 4.90 Å². The second kappa shape index (κ2) is 9.24. The molecule has 0 bridgehead atoms. The zero-order chi connectivity index (χ0) is 22.8. The maximum absolute atomic E-state index is 13.2. The van der Waals surface area contributed by atoms with Crippen molar-refractivity contribution in [1.29, 1.82) is 5.26 Å². The van der Waals surface area contributed by atoms with E-state index < -0.39 is 0 Å². The summed E-state index contributed by atoms with van der Waals surface area (Å²) in [6, 6.07) is 19.4. The van der Waals surface area contributed by atoms with E-state index in [-0.39, 0.29) is 17.3 Å². The van der Waals surface area contributed by atoms with Crippen LogP contribution in [-0.2, 0) is 0 Å². The summed E-state index contributed by atoms with van der Waals surface area (Å²) in [6.45, 7) is 4.14. The van der Waals surface area contributed by atoms with Gasteiger partial charge in [-0.05, 0) is 74.6 Å². The van der Waals surface area contributed by atoms with Crippen LogP contribution in [0.4, 0.5) is 4.39 Å². The van der Waals surface area contributed by atoms with Crippen molar-refractivity contribution >= 4 is 5.91 Å². The lowest BCUT2D eigenvalue weighted by Gasteiger charge is -2.56. The van der Waals surface area contributed by atoms with Crippen molar-refractivity contribution in [2.24, 2.45) is 5.92 Å². The highest BCUT2D eigenvalue weighted by atomic mass is 19.1. The predicted molar refractivity (Wildman–Crippen MR) is 125 cm³/mol. The van der Waals surface area contributed by atoms with E-state index in [4.69, 9.17) is 0 Å². The number of benzene rings is 2. The van der Waals surface area contributed by atoms with Gasteiger partial charge >= 0.3 is 0 Å². The molecule has 2 saturated heterocycles. The summed E-state index contributed by atoms with van der Waals surface area (Å²) in [6.07, 6.45) is 3.90. The summed E-state index contributed by atoms with van der Waals surface area (Å²) >= 11 is 0. The number of nitriles is 1. The Morgan fingerprint density at radius 3 is 2.45 bits per heavy atom. The van der Waals surface area contributed by atoms with E-state index in [9.17, 15) is 14.4 Å². The van der Waals surface area contributed by atoms with Crippen LogP contribution in [0.15, 0.2) is 54.6 Å². The molecule has 2 aromatic rings. The standard InChI is InChI=1S/C27H31FN4O/c28-23-8-6-22(7-9-23)26(33)31-18-27(19-31,12-13-29)32-14-10-20(11-15-32)17-30-25-16-24(25)21-4-2-1-3-5-21/h1-9,20,24-25,30H,10-12,14-19H2/t24-,25+/m0/s1. The molecule has 6 heteroatoms. The number of likely N-dealkylation sites (tertiary alicyclic amines) is 2. The van der Waals surface area contributed by atoms with E-state index in [0.717, 1.165) is 32.5 Å². The van der Waals surface area contributed by atoms with E-state index in [2.05, 4.69) is 46.6 Å². The Labute approximate surface area is 195 Å². The number of nitrogens with one attached hydrogen (secondary N) is 1. The number of carbonyl (C=O) groups excluding carboxylic acids is 1. The van der Waals surface area contributed by atoms with Crippen LogP contribution < -0.4 is 5.32 Å². The summed E-state index contributed by atoms with van der Waals surface area (Å²) in [5.41, 5.74) is 1.70. The Morgan fingerprint density at radius 2 is 1.79 bits per heavy atom. The van der Waals surface area contributed by atoms with Crippen molar-refractivity contribution < 1.29 is 9.18 Å². The molecule has 0 aromatic heterocycles. The van der Waals surface area contributed by atoms with Crippen LogP contribution in [0.1, 0.15) is 47.5 Å². The molecule has 3 fully saturated rings. The molecule has 0 spiro atoms. The van der Waals surface area contributed by atoms with Gasteiger partial charge in [-0.15, -0.1) is 0 Å². The summed E-state index contributed by atoms with van der Waals surface area (Å²) in [5, 5.41) is 13.2. The van der Waals surface area contributed by atoms with Gasteiger partial charge in [0.25, 0.3) is 5.91 Å².